The number of H-pyrrole nitrogens is 1. The number of imidazole rings is 1. The van der Waals surface area contributed by atoms with Crippen molar-refractivity contribution in [2.75, 3.05) is 18.9 Å². The van der Waals surface area contributed by atoms with Crippen molar-refractivity contribution in [1.29, 1.82) is 0 Å². The smallest absolute Gasteiger partial charge is 0.163 e. The summed E-state index contributed by atoms with van der Waals surface area (Å²) < 4.78 is 11.1. The summed E-state index contributed by atoms with van der Waals surface area (Å²) in [5.41, 5.74) is 8.63. The molecule has 0 spiro atoms. The molecular weight excluding hydrogens is 262 g/mol. The van der Waals surface area contributed by atoms with E-state index < -0.39 is 0 Å². The third kappa shape index (κ3) is 1.64. The minimum absolute atomic E-state index is 0.577. The number of benzene rings is 1. The first-order valence-corrected chi connectivity index (χ1v) is 6.82. The molecule has 19 heavy (non-hydrogen) atoms. The highest BCUT2D eigenvalue weighted by atomic mass is 32.1. The van der Waals surface area contributed by atoms with Gasteiger partial charge >= 0.3 is 0 Å². The average Bonchev–Trinajstić information content (AvgIpc) is 3.01. The Morgan fingerprint density at radius 3 is 2.74 bits per heavy atom. The third-order valence-corrected chi connectivity index (χ3v) is 3.84. The molecule has 3 aromatic rings. The molecular formula is C13H11N3O2S. The Morgan fingerprint density at radius 1 is 1.21 bits per heavy atom. The van der Waals surface area contributed by atoms with Crippen molar-refractivity contribution in [2.24, 2.45) is 0 Å². The van der Waals surface area contributed by atoms with E-state index in [0.29, 0.717) is 13.2 Å². The van der Waals surface area contributed by atoms with E-state index in [1.54, 1.807) is 0 Å². The van der Waals surface area contributed by atoms with E-state index in [2.05, 4.69) is 9.97 Å². The quantitative estimate of drug-likeness (QED) is 0.715. The lowest BCUT2D eigenvalue weighted by atomic mass is 10.2. The summed E-state index contributed by atoms with van der Waals surface area (Å²) >= 11 is 1.50. The number of aromatic amines is 1. The van der Waals surface area contributed by atoms with Crippen molar-refractivity contribution in [3.63, 3.8) is 0 Å². The van der Waals surface area contributed by atoms with E-state index in [1.807, 2.05) is 23.6 Å². The molecule has 0 unspecified atom stereocenters. The molecule has 0 fully saturated rings. The maximum atomic E-state index is 5.93. The number of fused-ring (bicyclic) bond motifs is 2. The molecule has 0 radical (unpaired) electrons. The SMILES string of the molecule is Nc1sccc1-c1nc2cc3c(cc2[nH]1)OCCO3. The molecule has 0 aliphatic carbocycles. The molecule has 2 aromatic heterocycles. The highest BCUT2D eigenvalue weighted by Crippen LogP contribution is 2.36. The van der Waals surface area contributed by atoms with Crippen LogP contribution in [0.15, 0.2) is 23.6 Å². The lowest BCUT2D eigenvalue weighted by Gasteiger charge is -2.17. The molecule has 0 bridgehead atoms. The van der Waals surface area contributed by atoms with Crippen LogP contribution in [0, 0.1) is 0 Å². The maximum absolute atomic E-state index is 5.93. The van der Waals surface area contributed by atoms with Gasteiger partial charge in [0, 0.05) is 12.1 Å². The molecule has 3 heterocycles. The minimum Gasteiger partial charge on any atom is -0.486 e. The van der Waals surface area contributed by atoms with Crippen LogP contribution in [0.3, 0.4) is 0 Å². The molecule has 1 aliphatic rings. The van der Waals surface area contributed by atoms with Gasteiger partial charge < -0.3 is 20.2 Å². The number of anilines is 1. The van der Waals surface area contributed by atoms with Gasteiger partial charge in [-0.2, -0.15) is 0 Å². The first-order valence-electron chi connectivity index (χ1n) is 5.94. The topological polar surface area (TPSA) is 73.2 Å². The van der Waals surface area contributed by atoms with Gasteiger partial charge in [0.15, 0.2) is 11.5 Å². The van der Waals surface area contributed by atoms with Crippen LogP contribution in [-0.4, -0.2) is 23.2 Å². The number of nitrogens with one attached hydrogen (secondary N) is 1. The van der Waals surface area contributed by atoms with Crippen LogP contribution < -0.4 is 15.2 Å². The van der Waals surface area contributed by atoms with E-state index in [4.69, 9.17) is 15.2 Å². The number of nitrogen functional groups attached to an aromatic ring is 1. The molecule has 1 aromatic carbocycles. The predicted octanol–water partition coefficient (Wildman–Crippen LogP) is 2.64. The number of ether oxygens (including phenoxy) is 2. The van der Waals surface area contributed by atoms with Crippen LogP contribution in [0.1, 0.15) is 0 Å². The molecule has 6 heteroatoms. The Labute approximate surface area is 113 Å². The zero-order valence-electron chi connectivity index (χ0n) is 9.97. The number of hydrogen-bond acceptors (Lipinski definition) is 5. The van der Waals surface area contributed by atoms with E-state index >= 15 is 0 Å². The van der Waals surface area contributed by atoms with Crippen molar-refractivity contribution in [2.45, 2.75) is 0 Å². The van der Waals surface area contributed by atoms with Crippen LogP contribution in [0.25, 0.3) is 22.4 Å². The average molecular weight is 273 g/mol. The fourth-order valence-electron chi connectivity index (χ4n) is 2.19. The number of nitrogens with two attached hydrogens (primary N) is 1. The van der Waals surface area contributed by atoms with Gasteiger partial charge in [-0.15, -0.1) is 11.3 Å². The van der Waals surface area contributed by atoms with Crippen molar-refractivity contribution >= 4 is 27.4 Å². The first kappa shape index (κ1) is 10.7. The summed E-state index contributed by atoms with van der Waals surface area (Å²) in [5.74, 6) is 2.28. The minimum atomic E-state index is 0.577. The molecule has 1 aliphatic heterocycles. The molecule has 0 atom stereocenters. The Morgan fingerprint density at radius 2 is 2.00 bits per heavy atom. The summed E-state index contributed by atoms with van der Waals surface area (Å²) in [6.07, 6.45) is 0. The second kappa shape index (κ2) is 3.89. The molecule has 3 N–H and O–H groups in total. The molecule has 0 saturated carbocycles. The lowest BCUT2D eigenvalue weighted by molar-refractivity contribution is 0.172. The van der Waals surface area contributed by atoms with Gasteiger partial charge in [0.2, 0.25) is 0 Å². The van der Waals surface area contributed by atoms with Crippen molar-refractivity contribution in [3.8, 4) is 22.9 Å². The van der Waals surface area contributed by atoms with E-state index in [1.165, 1.54) is 11.3 Å². The third-order valence-electron chi connectivity index (χ3n) is 3.10. The van der Waals surface area contributed by atoms with Crippen LogP contribution in [0.4, 0.5) is 5.00 Å². The second-order valence-corrected chi connectivity index (χ2v) is 5.24. The van der Waals surface area contributed by atoms with Crippen LogP contribution in [0.2, 0.25) is 0 Å². The maximum Gasteiger partial charge on any atom is 0.163 e. The summed E-state index contributed by atoms with van der Waals surface area (Å²) in [6.45, 7) is 1.16. The van der Waals surface area contributed by atoms with Gasteiger partial charge in [-0.1, -0.05) is 0 Å². The number of thiophene rings is 1. The van der Waals surface area contributed by atoms with Crippen LogP contribution >= 0.6 is 11.3 Å². The summed E-state index contributed by atoms with van der Waals surface area (Å²) in [4.78, 5) is 7.83. The van der Waals surface area contributed by atoms with Gasteiger partial charge in [0.05, 0.1) is 21.6 Å². The van der Waals surface area contributed by atoms with Gasteiger partial charge in [-0.25, -0.2) is 4.98 Å². The fourth-order valence-corrected chi connectivity index (χ4v) is 2.83. The molecule has 0 amide bonds. The van der Waals surface area contributed by atoms with Crippen LogP contribution in [0.5, 0.6) is 11.5 Å². The highest BCUT2D eigenvalue weighted by Gasteiger charge is 2.16. The van der Waals surface area contributed by atoms with E-state index in [-0.39, 0.29) is 0 Å². The number of rotatable bonds is 1. The van der Waals surface area contributed by atoms with Crippen molar-refractivity contribution in [1.82, 2.24) is 9.97 Å². The number of hydrogen-bond donors (Lipinski definition) is 2. The van der Waals surface area contributed by atoms with Gasteiger partial charge in [0.25, 0.3) is 0 Å². The molecule has 0 saturated heterocycles. The Balaban J connectivity index is 1.90. The summed E-state index contributed by atoms with van der Waals surface area (Å²) in [7, 11) is 0. The summed E-state index contributed by atoms with van der Waals surface area (Å²) in [5, 5.41) is 2.71. The largest absolute Gasteiger partial charge is 0.486 e. The monoisotopic (exact) mass is 273 g/mol. The van der Waals surface area contributed by atoms with Crippen LogP contribution in [-0.2, 0) is 0 Å². The number of aromatic nitrogens is 2. The molecule has 5 nitrogen and oxygen atoms in total. The Hall–Kier alpha value is -2.21. The standard InChI is InChI=1S/C13H11N3O2S/c14-12-7(1-4-19-12)13-15-8-5-10-11(6-9(8)16-13)18-3-2-17-10/h1,4-6H,2-3,14H2,(H,15,16). The lowest BCUT2D eigenvalue weighted by Crippen LogP contribution is -2.15. The number of nitrogens with zero attached hydrogens (tertiary/aromatic N) is 1. The zero-order valence-corrected chi connectivity index (χ0v) is 10.8. The molecule has 4 rings (SSSR count). The van der Waals surface area contributed by atoms with Crippen molar-refractivity contribution < 1.29 is 9.47 Å². The Bertz CT molecular complexity index is 719. The second-order valence-electron chi connectivity index (χ2n) is 4.30. The van der Waals surface area contributed by atoms with Gasteiger partial charge in [-0.3, -0.25) is 0 Å². The normalized spacial score (nSPS) is 13.9. The fraction of sp³-hybridized carbons (Fsp3) is 0.154. The van der Waals surface area contributed by atoms with Gasteiger partial charge in [-0.05, 0) is 11.4 Å². The molecule has 96 valence electrons. The Kier molecular flexibility index (Phi) is 2.19. The highest BCUT2D eigenvalue weighted by molar-refractivity contribution is 7.14. The zero-order chi connectivity index (χ0) is 12.8. The van der Waals surface area contributed by atoms with E-state index in [0.717, 1.165) is 38.9 Å². The van der Waals surface area contributed by atoms with Crippen molar-refractivity contribution in [3.05, 3.63) is 23.6 Å². The first-order chi connectivity index (χ1) is 9.31. The van der Waals surface area contributed by atoms with E-state index in [9.17, 15) is 0 Å². The van der Waals surface area contributed by atoms with Gasteiger partial charge in [0.1, 0.15) is 19.0 Å². The summed E-state index contributed by atoms with van der Waals surface area (Å²) in [6, 6.07) is 5.78. The predicted molar refractivity (Wildman–Crippen MR) is 74.8 cm³/mol.